The summed E-state index contributed by atoms with van der Waals surface area (Å²) in [5, 5.41) is 5.87. The zero-order chi connectivity index (χ0) is 17.2. The van der Waals surface area contributed by atoms with Crippen LogP contribution < -0.4 is 10.6 Å². The van der Waals surface area contributed by atoms with Crippen molar-refractivity contribution in [3.05, 3.63) is 29.8 Å². The predicted octanol–water partition coefficient (Wildman–Crippen LogP) is 3.61. The van der Waals surface area contributed by atoms with E-state index in [0.29, 0.717) is 18.1 Å². The summed E-state index contributed by atoms with van der Waals surface area (Å²) in [5.74, 6) is 1.80. The number of rotatable bonds is 9. The van der Waals surface area contributed by atoms with Crippen molar-refractivity contribution in [2.75, 3.05) is 16.8 Å². The zero-order valence-corrected chi connectivity index (χ0v) is 15.3. The van der Waals surface area contributed by atoms with Gasteiger partial charge in [-0.2, -0.15) is 11.8 Å². The highest BCUT2D eigenvalue weighted by Crippen LogP contribution is 2.11. The van der Waals surface area contributed by atoms with Crippen molar-refractivity contribution in [3.8, 4) is 0 Å². The Balaban J connectivity index is 2.13. The monoisotopic (exact) mass is 336 g/mol. The Morgan fingerprint density at radius 1 is 1.17 bits per heavy atom. The van der Waals surface area contributed by atoms with Crippen LogP contribution in [0, 0.1) is 12.8 Å². The molecule has 0 saturated carbocycles. The van der Waals surface area contributed by atoms with Crippen LogP contribution in [-0.4, -0.2) is 29.4 Å². The summed E-state index contributed by atoms with van der Waals surface area (Å²) in [5.41, 5.74) is 1.96. The Bertz CT molecular complexity index is 517. The van der Waals surface area contributed by atoms with Crippen LogP contribution in [0.25, 0.3) is 0 Å². The number of amides is 2. The molecule has 4 nitrogen and oxygen atoms in total. The third-order valence-corrected chi connectivity index (χ3v) is 4.66. The Hall–Kier alpha value is -1.49. The van der Waals surface area contributed by atoms with Gasteiger partial charge in [-0.1, -0.05) is 26.0 Å². The molecule has 0 aliphatic rings. The Morgan fingerprint density at radius 2 is 1.91 bits per heavy atom. The van der Waals surface area contributed by atoms with Gasteiger partial charge in [-0.15, -0.1) is 0 Å². The first-order valence-corrected chi connectivity index (χ1v) is 9.27. The van der Waals surface area contributed by atoms with E-state index in [9.17, 15) is 9.59 Å². The summed E-state index contributed by atoms with van der Waals surface area (Å²) in [6.45, 7) is 8.19. The lowest BCUT2D eigenvalue weighted by Gasteiger charge is -2.17. The number of carbonyl (C=O) groups is 2. The third-order valence-electron chi connectivity index (χ3n) is 3.62. The Labute approximate surface area is 143 Å². The largest absolute Gasteiger partial charge is 0.353 e. The Kier molecular flexibility index (Phi) is 8.77. The Morgan fingerprint density at radius 3 is 2.57 bits per heavy atom. The molecule has 5 heteroatoms. The summed E-state index contributed by atoms with van der Waals surface area (Å²) in [7, 11) is 0. The zero-order valence-electron chi connectivity index (χ0n) is 14.5. The molecule has 0 fully saturated rings. The summed E-state index contributed by atoms with van der Waals surface area (Å²) in [6.07, 6.45) is 1.25. The average Bonchev–Trinajstić information content (AvgIpc) is 2.46. The van der Waals surface area contributed by atoms with Crippen LogP contribution in [0.4, 0.5) is 5.69 Å². The minimum atomic E-state index is 0.0223. The van der Waals surface area contributed by atoms with Crippen LogP contribution in [0.15, 0.2) is 24.3 Å². The van der Waals surface area contributed by atoms with Crippen molar-refractivity contribution in [2.45, 2.75) is 46.6 Å². The molecular weight excluding hydrogens is 308 g/mol. The molecule has 1 aromatic carbocycles. The van der Waals surface area contributed by atoms with Crippen molar-refractivity contribution in [3.63, 3.8) is 0 Å². The maximum atomic E-state index is 11.8. The standard InChI is InChI=1S/C18H28N2O2S/c1-13(2)15(4)19-18(22)12-23-10-6-9-17(21)20-16-8-5-7-14(3)11-16/h5,7-8,11,13,15H,6,9-10,12H2,1-4H3,(H,19,22)(H,20,21)/t15-/m0/s1. The van der Waals surface area contributed by atoms with Gasteiger partial charge in [0.15, 0.2) is 0 Å². The fourth-order valence-corrected chi connectivity index (χ4v) is 2.67. The van der Waals surface area contributed by atoms with Crippen molar-refractivity contribution < 1.29 is 9.59 Å². The van der Waals surface area contributed by atoms with E-state index in [0.717, 1.165) is 23.4 Å². The minimum absolute atomic E-state index is 0.0223. The molecule has 0 saturated heterocycles. The summed E-state index contributed by atoms with van der Waals surface area (Å²) < 4.78 is 0. The normalized spacial score (nSPS) is 12.0. The van der Waals surface area contributed by atoms with Crippen LogP contribution in [0.1, 0.15) is 39.2 Å². The molecule has 0 unspecified atom stereocenters. The second-order valence-corrected chi connectivity index (χ2v) is 7.28. The first-order valence-electron chi connectivity index (χ1n) is 8.12. The average molecular weight is 337 g/mol. The van der Waals surface area contributed by atoms with E-state index >= 15 is 0 Å². The highest BCUT2D eigenvalue weighted by atomic mass is 32.2. The van der Waals surface area contributed by atoms with Crippen LogP contribution in [0.5, 0.6) is 0 Å². The number of anilines is 1. The molecule has 0 aromatic heterocycles. The summed E-state index contributed by atoms with van der Waals surface area (Å²) in [4.78, 5) is 23.6. The predicted molar refractivity (Wildman–Crippen MR) is 98.8 cm³/mol. The van der Waals surface area contributed by atoms with Crippen molar-refractivity contribution in [1.29, 1.82) is 0 Å². The van der Waals surface area contributed by atoms with Crippen molar-refractivity contribution in [2.24, 2.45) is 5.92 Å². The SMILES string of the molecule is Cc1cccc(NC(=O)CCCSCC(=O)N[C@@H](C)C(C)C)c1. The maximum Gasteiger partial charge on any atom is 0.230 e. The number of benzene rings is 1. The maximum absolute atomic E-state index is 11.8. The fourth-order valence-electron chi connectivity index (χ4n) is 1.91. The number of thioether (sulfide) groups is 1. The summed E-state index contributed by atoms with van der Waals surface area (Å²) >= 11 is 1.57. The first-order chi connectivity index (χ1) is 10.9. The number of hydrogen-bond acceptors (Lipinski definition) is 3. The summed E-state index contributed by atoms with van der Waals surface area (Å²) in [6, 6.07) is 7.96. The highest BCUT2D eigenvalue weighted by molar-refractivity contribution is 7.99. The van der Waals surface area contributed by atoms with Crippen molar-refractivity contribution in [1.82, 2.24) is 5.32 Å². The molecule has 0 bridgehead atoms. The van der Waals surface area contributed by atoms with Gasteiger partial charge in [0, 0.05) is 18.2 Å². The molecule has 0 aliphatic heterocycles. The number of hydrogen-bond donors (Lipinski definition) is 2. The van der Waals surface area contributed by atoms with Gasteiger partial charge in [-0.05, 0) is 49.6 Å². The van der Waals surface area contributed by atoms with E-state index < -0.39 is 0 Å². The van der Waals surface area contributed by atoms with E-state index in [1.807, 2.05) is 38.1 Å². The van der Waals surface area contributed by atoms with Gasteiger partial charge in [0.25, 0.3) is 0 Å². The van der Waals surface area contributed by atoms with Gasteiger partial charge in [0.1, 0.15) is 0 Å². The third kappa shape index (κ3) is 8.65. The smallest absolute Gasteiger partial charge is 0.230 e. The van der Waals surface area contributed by atoms with E-state index in [4.69, 9.17) is 0 Å². The second-order valence-electron chi connectivity index (χ2n) is 6.17. The highest BCUT2D eigenvalue weighted by Gasteiger charge is 2.10. The lowest BCUT2D eigenvalue weighted by molar-refractivity contribution is -0.119. The molecule has 23 heavy (non-hydrogen) atoms. The number of nitrogens with one attached hydrogen (secondary N) is 2. The lowest BCUT2D eigenvalue weighted by atomic mass is 10.1. The molecule has 0 aliphatic carbocycles. The molecule has 128 valence electrons. The van der Waals surface area contributed by atoms with Gasteiger partial charge >= 0.3 is 0 Å². The fraction of sp³-hybridized carbons (Fsp3) is 0.556. The molecule has 2 amide bonds. The topological polar surface area (TPSA) is 58.2 Å². The van der Waals surface area contributed by atoms with Gasteiger partial charge in [0.05, 0.1) is 5.75 Å². The first kappa shape index (κ1) is 19.6. The quantitative estimate of drug-likeness (QED) is 0.677. The van der Waals surface area contributed by atoms with E-state index in [1.165, 1.54) is 0 Å². The van der Waals surface area contributed by atoms with Crippen LogP contribution >= 0.6 is 11.8 Å². The molecular formula is C18H28N2O2S. The van der Waals surface area contributed by atoms with Crippen LogP contribution in [0.2, 0.25) is 0 Å². The van der Waals surface area contributed by atoms with E-state index in [-0.39, 0.29) is 17.9 Å². The van der Waals surface area contributed by atoms with E-state index in [1.54, 1.807) is 11.8 Å². The van der Waals surface area contributed by atoms with Crippen LogP contribution in [-0.2, 0) is 9.59 Å². The molecule has 1 rings (SSSR count). The van der Waals surface area contributed by atoms with Gasteiger partial charge < -0.3 is 10.6 Å². The molecule has 0 heterocycles. The molecule has 0 spiro atoms. The van der Waals surface area contributed by atoms with Crippen LogP contribution in [0.3, 0.4) is 0 Å². The molecule has 1 atom stereocenters. The van der Waals surface area contributed by atoms with Crippen molar-refractivity contribution >= 4 is 29.3 Å². The molecule has 2 N–H and O–H groups in total. The lowest BCUT2D eigenvalue weighted by Crippen LogP contribution is -2.37. The van der Waals surface area contributed by atoms with E-state index in [2.05, 4.69) is 24.5 Å². The number of carbonyl (C=O) groups excluding carboxylic acids is 2. The second kappa shape index (κ2) is 10.3. The molecule has 0 radical (unpaired) electrons. The number of aryl methyl sites for hydroxylation is 1. The van der Waals surface area contributed by atoms with Gasteiger partial charge in [0.2, 0.25) is 11.8 Å². The minimum Gasteiger partial charge on any atom is -0.353 e. The van der Waals surface area contributed by atoms with Gasteiger partial charge in [-0.3, -0.25) is 9.59 Å². The molecule has 1 aromatic rings. The van der Waals surface area contributed by atoms with Gasteiger partial charge in [-0.25, -0.2) is 0 Å².